The Balaban J connectivity index is 1.17. The number of hydrogen-bond donors (Lipinski definition) is 0. The molecule has 1 saturated carbocycles. The summed E-state index contributed by atoms with van der Waals surface area (Å²) in [4.78, 5) is 29.0. The standard InChI is InChI=1S/C31H31N7O2/c1-36(2)25-9-6-21(7-10-25)20-40-26-17-33-30(34-18-26)24-5-3-4-23(14-24)19-38-29(39)12-13-37-28-15-22(16-32)8-11-27(28)35-31(37)38/h3-5,8,11-15,17-18,21,25H,6-7,9-10,19-20H2,1-2H3/t21-,25-. The van der Waals surface area contributed by atoms with Crippen LogP contribution in [-0.2, 0) is 6.54 Å². The Morgan fingerprint density at radius 2 is 1.85 bits per heavy atom. The van der Waals surface area contributed by atoms with Gasteiger partial charge in [0.2, 0.25) is 5.78 Å². The quantitative estimate of drug-likeness (QED) is 0.303. The van der Waals surface area contributed by atoms with Gasteiger partial charge in [0.05, 0.1) is 48.2 Å². The van der Waals surface area contributed by atoms with Crippen LogP contribution in [0, 0.1) is 17.2 Å². The van der Waals surface area contributed by atoms with Gasteiger partial charge >= 0.3 is 0 Å². The Hall–Kier alpha value is -4.55. The number of hydrogen-bond acceptors (Lipinski definition) is 7. The zero-order chi connectivity index (χ0) is 27.6. The van der Waals surface area contributed by atoms with Crippen LogP contribution in [0.1, 0.15) is 36.8 Å². The molecule has 0 aliphatic heterocycles. The van der Waals surface area contributed by atoms with Crippen molar-refractivity contribution >= 4 is 16.8 Å². The first-order chi connectivity index (χ1) is 19.5. The topological polar surface area (TPSA) is 101 Å². The van der Waals surface area contributed by atoms with Crippen molar-refractivity contribution in [3.05, 3.63) is 88.6 Å². The molecule has 202 valence electrons. The van der Waals surface area contributed by atoms with Gasteiger partial charge in [-0.2, -0.15) is 5.26 Å². The predicted molar refractivity (Wildman–Crippen MR) is 153 cm³/mol. The van der Waals surface area contributed by atoms with Crippen molar-refractivity contribution in [1.29, 1.82) is 5.26 Å². The van der Waals surface area contributed by atoms with Crippen LogP contribution in [0.25, 0.3) is 28.2 Å². The normalized spacial score (nSPS) is 17.4. The second-order valence-electron chi connectivity index (χ2n) is 10.7. The van der Waals surface area contributed by atoms with Gasteiger partial charge in [0.25, 0.3) is 5.56 Å². The van der Waals surface area contributed by atoms with Crippen LogP contribution in [-0.4, -0.2) is 55.6 Å². The monoisotopic (exact) mass is 533 g/mol. The van der Waals surface area contributed by atoms with E-state index in [0.29, 0.717) is 48.0 Å². The summed E-state index contributed by atoms with van der Waals surface area (Å²) >= 11 is 0. The lowest BCUT2D eigenvalue weighted by atomic mass is 9.86. The lowest BCUT2D eigenvalue weighted by Gasteiger charge is -2.32. The van der Waals surface area contributed by atoms with Gasteiger partial charge in [-0.15, -0.1) is 0 Å². The average Bonchev–Trinajstić information content (AvgIpc) is 3.36. The third kappa shape index (κ3) is 5.18. The summed E-state index contributed by atoms with van der Waals surface area (Å²) in [6.45, 7) is 1.03. The van der Waals surface area contributed by atoms with E-state index in [0.717, 1.165) is 22.2 Å². The van der Waals surface area contributed by atoms with Crippen LogP contribution in [0.5, 0.6) is 5.75 Å². The minimum absolute atomic E-state index is 0.151. The van der Waals surface area contributed by atoms with Crippen molar-refractivity contribution in [2.45, 2.75) is 38.3 Å². The van der Waals surface area contributed by atoms with Gasteiger partial charge in [0, 0.05) is 23.9 Å². The maximum atomic E-state index is 12.9. The molecule has 40 heavy (non-hydrogen) atoms. The van der Waals surface area contributed by atoms with E-state index in [4.69, 9.17) is 4.74 Å². The van der Waals surface area contributed by atoms with Gasteiger partial charge in [-0.1, -0.05) is 18.2 Å². The first kappa shape index (κ1) is 25.7. The van der Waals surface area contributed by atoms with E-state index in [-0.39, 0.29) is 5.56 Å². The molecule has 5 aromatic rings. The molecule has 0 amide bonds. The highest BCUT2D eigenvalue weighted by Gasteiger charge is 2.23. The summed E-state index contributed by atoms with van der Waals surface area (Å²) in [6.07, 6.45) is 9.96. The molecule has 1 fully saturated rings. The highest BCUT2D eigenvalue weighted by atomic mass is 16.5. The van der Waals surface area contributed by atoms with Gasteiger partial charge in [0.15, 0.2) is 11.6 Å². The first-order valence-electron chi connectivity index (χ1n) is 13.6. The second kappa shape index (κ2) is 10.9. The van der Waals surface area contributed by atoms with Crippen molar-refractivity contribution in [3.8, 4) is 23.2 Å². The van der Waals surface area contributed by atoms with Gasteiger partial charge in [-0.05, 0) is 75.5 Å². The Kier molecular flexibility index (Phi) is 7.01. The Labute approximate surface area is 232 Å². The number of nitriles is 1. The maximum absolute atomic E-state index is 12.9. The molecule has 1 aliphatic carbocycles. The van der Waals surface area contributed by atoms with E-state index in [1.807, 2.05) is 28.7 Å². The van der Waals surface area contributed by atoms with E-state index < -0.39 is 0 Å². The van der Waals surface area contributed by atoms with E-state index in [9.17, 15) is 10.1 Å². The lowest BCUT2D eigenvalue weighted by molar-refractivity contribution is 0.151. The molecule has 9 nitrogen and oxygen atoms in total. The van der Waals surface area contributed by atoms with Crippen LogP contribution in [0.2, 0.25) is 0 Å². The number of rotatable bonds is 7. The van der Waals surface area contributed by atoms with Crippen molar-refractivity contribution in [1.82, 2.24) is 28.8 Å². The van der Waals surface area contributed by atoms with Crippen LogP contribution in [0.3, 0.4) is 0 Å². The molecule has 1 aliphatic rings. The van der Waals surface area contributed by atoms with Gasteiger partial charge < -0.3 is 9.64 Å². The molecule has 0 N–H and O–H groups in total. The number of ether oxygens (including phenoxy) is 1. The van der Waals surface area contributed by atoms with Gasteiger partial charge in [-0.25, -0.2) is 15.0 Å². The summed E-state index contributed by atoms with van der Waals surface area (Å²) < 4.78 is 9.50. The van der Waals surface area contributed by atoms with Crippen molar-refractivity contribution in [3.63, 3.8) is 0 Å². The van der Waals surface area contributed by atoms with Crippen molar-refractivity contribution in [2.24, 2.45) is 5.92 Å². The summed E-state index contributed by atoms with van der Waals surface area (Å²) in [5, 5.41) is 9.29. The summed E-state index contributed by atoms with van der Waals surface area (Å²) in [6, 6.07) is 17.5. The molecular formula is C31H31N7O2. The van der Waals surface area contributed by atoms with Crippen LogP contribution in [0.4, 0.5) is 0 Å². The fourth-order valence-electron chi connectivity index (χ4n) is 5.54. The number of benzene rings is 2. The fourth-order valence-corrected chi connectivity index (χ4v) is 5.54. The third-order valence-electron chi connectivity index (χ3n) is 7.86. The number of fused-ring (bicyclic) bond motifs is 3. The molecule has 6 rings (SSSR count). The van der Waals surface area contributed by atoms with E-state index in [1.54, 1.807) is 41.4 Å². The highest BCUT2D eigenvalue weighted by Crippen LogP contribution is 2.27. The number of aromatic nitrogens is 5. The molecule has 0 bridgehead atoms. The zero-order valence-corrected chi connectivity index (χ0v) is 22.7. The fraction of sp³-hybridized carbons (Fsp3) is 0.323. The van der Waals surface area contributed by atoms with Crippen LogP contribution >= 0.6 is 0 Å². The van der Waals surface area contributed by atoms with Gasteiger partial charge in [-0.3, -0.25) is 13.8 Å². The van der Waals surface area contributed by atoms with E-state index in [2.05, 4.69) is 40.0 Å². The van der Waals surface area contributed by atoms with Crippen LogP contribution in [0.15, 0.2) is 71.9 Å². The van der Waals surface area contributed by atoms with E-state index >= 15 is 0 Å². The molecule has 0 atom stereocenters. The first-order valence-corrected chi connectivity index (χ1v) is 13.6. The largest absolute Gasteiger partial charge is 0.490 e. The SMILES string of the molecule is CN(C)[C@H]1CC[C@H](COc2cnc(-c3cccc(Cn4c(=O)ccn5c6cc(C#N)ccc6nc45)c3)nc2)CC1. The lowest BCUT2D eigenvalue weighted by Crippen LogP contribution is -2.33. The molecule has 3 heterocycles. The van der Waals surface area contributed by atoms with Crippen molar-refractivity contribution in [2.75, 3.05) is 20.7 Å². The molecule has 3 aromatic heterocycles. The Bertz CT molecular complexity index is 1760. The summed E-state index contributed by atoms with van der Waals surface area (Å²) in [5.74, 6) is 2.37. The molecule has 0 saturated heterocycles. The second-order valence-corrected chi connectivity index (χ2v) is 10.7. The minimum atomic E-state index is -0.151. The molecule has 9 heteroatoms. The maximum Gasteiger partial charge on any atom is 0.255 e. The summed E-state index contributed by atoms with van der Waals surface area (Å²) in [5.41, 5.74) is 3.69. The Morgan fingerprint density at radius 3 is 2.60 bits per heavy atom. The highest BCUT2D eigenvalue weighted by molar-refractivity contribution is 5.81. The molecule has 0 unspecified atom stereocenters. The minimum Gasteiger partial charge on any atom is -0.490 e. The smallest absolute Gasteiger partial charge is 0.255 e. The number of nitrogens with zero attached hydrogens (tertiary/aromatic N) is 7. The third-order valence-corrected chi connectivity index (χ3v) is 7.86. The average molecular weight is 534 g/mol. The summed E-state index contributed by atoms with van der Waals surface area (Å²) in [7, 11) is 4.31. The predicted octanol–water partition coefficient (Wildman–Crippen LogP) is 4.53. The zero-order valence-electron chi connectivity index (χ0n) is 22.7. The van der Waals surface area contributed by atoms with E-state index in [1.165, 1.54) is 31.7 Å². The van der Waals surface area contributed by atoms with Gasteiger partial charge in [0.1, 0.15) is 0 Å². The molecule has 0 radical (unpaired) electrons. The van der Waals surface area contributed by atoms with Crippen molar-refractivity contribution < 1.29 is 4.74 Å². The Morgan fingerprint density at radius 1 is 1.05 bits per heavy atom. The molecule has 2 aromatic carbocycles. The molecule has 0 spiro atoms. The molecular weight excluding hydrogens is 502 g/mol. The number of imidazole rings is 1. The van der Waals surface area contributed by atoms with Crippen LogP contribution < -0.4 is 10.3 Å².